The van der Waals surface area contributed by atoms with E-state index in [2.05, 4.69) is 10.3 Å². The largest absolute Gasteiger partial charge is 0.493 e. The minimum Gasteiger partial charge on any atom is -0.493 e. The van der Waals surface area contributed by atoms with Gasteiger partial charge in [-0.05, 0) is 18.2 Å². The molecule has 8 heteroatoms. The lowest BCUT2D eigenvalue weighted by atomic mass is 10.1. The highest BCUT2D eigenvalue weighted by atomic mass is 16.7. The van der Waals surface area contributed by atoms with Gasteiger partial charge in [0.15, 0.2) is 23.0 Å². The van der Waals surface area contributed by atoms with Crippen LogP contribution in [0.1, 0.15) is 5.56 Å². The molecule has 0 spiro atoms. The topological polar surface area (TPSA) is 91.0 Å². The molecular weight excluding hydrogens is 364 g/mol. The molecule has 1 aromatic heterocycles. The van der Waals surface area contributed by atoms with Crippen molar-refractivity contribution in [3.8, 4) is 28.7 Å². The van der Waals surface area contributed by atoms with Gasteiger partial charge in [-0.2, -0.15) is 0 Å². The van der Waals surface area contributed by atoms with Crippen LogP contribution in [0.25, 0.3) is 10.9 Å². The zero-order chi connectivity index (χ0) is 19.7. The SMILES string of the molecule is COc1cc2[nH]c(=O)c(CNc3ccc4c(c3)OCO4)cc2c(OC)c1OC. The summed E-state index contributed by atoms with van der Waals surface area (Å²) >= 11 is 0. The number of aromatic nitrogens is 1. The van der Waals surface area contributed by atoms with Gasteiger partial charge in [0.2, 0.25) is 12.5 Å². The molecule has 0 atom stereocenters. The predicted molar refractivity (Wildman–Crippen MR) is 104 cm³/mol. The van der Waals surface area contributed by atoms with Gasteiger partial charge in [0.05, 0.1) is 26.8 Å². The molecule has 0 aliphatic carbocycles. The molecule has 0 radical (unpaired) electrons. The van der Waals surface area contributed by atoms with Gasteiger partial charge in [-0.25, -0.2) is 0 Å². The third-order valence-corrected chi connectivity index (χ3v) is 4.58. The van der Waals surface area contributed by atoms with E-state index in [1.165, 1.54) is 7.11 Å². The molecule has 3 aromatic rings. The summed E-state index contributed by atoms with van der Waals surface area (Å²) in [5.41, 5.74) is 1.78. The lowest BCUT2D eigenvalue weighted by molar-refractivity contribution is 0.174. The molecule has 2 N–H and O–H groups in total. The van der Waals surface area contributed by atoms with Gasteiger partial charge in [0.1, 0.15) is 0 Å². The Labute approximate surface area is 160 Å². The minimum absolute atomic E-state index is 0.199. The number of aromatic amines is 1. The van der Waals surface area contributed by atoms with Crippen molar-refractivity contribution >= 4 is 16.6 Å². The molecule has 0 amide bonds. The van der Waals surface area contributed by atoms with Gasteiger partial charge in [-0.3, -0.25) is 4.79 Å². The number of fused-ring (bicyclic) bond motifs is 2. The van der Waals surface area contributed by atoms with E-state index in [0.717, 1.165) is 11.1 Å². The average Bonchev–Trinajstić information content (AvgIpc) is 3.18. The zero-order valence-electron chi connectivity index (χ0n) is 15.8. The van der Waals surface area contributed by atoms with Crippen molar-refractivity contribution in [1.82, 2.24) is 4.98 Å². The van der Waals surface area contributed by atoms with Crippen molar-refractivity contribution in [1.29, 1.82) is 0 Å². The van der Waals surface area contributed by atoms with Crippen molar-refractivity contribution < 1.29 is 23.7 Å². The Balaban J connectivity index is 1.69. The summed E-state index contributed by atoms with van der Waals surface area (Å²) in [6.07, 6.45) is 0. The average molecular weight is 384 g/mol. The zero-order valence-corrected chi connectivity index (χ0v) is 15.8. The van der Waals surface area contributed by atoms with E-state index in [9.17, 15) is 4.79 Å². The number of hydrogen-bond donors (Lipinski definition) is 2. The summed E-state index contributed by atoms with van der Waals surface area (Å²) in [5, 5.41) is 3.96. The third kappa shape index (κ3) is 3.02. The second-order valence-corrected chi connectivity index (χ2v) is 6.15. The van der Waals surface area contributed by atoms with Gasteiger partial charge in [-0.1, -0.05) is 0 Å². The summed E-state index contributed by atoms with van der Waals surface area (Å²) in [6.45, 7) is 0.538. The van der Waals surface area contributed by atoms with Crippen molar-refractivity contribution in [2.45, 2.75) is 6.54 Å². The van der Waals surface area contributed by atoms with E-state index in [-0.39, 0.29) is 12.4 Å². The van der Waals surface area contributed by atoms with Crippen LogP contribution in [0, 0.1) is 0 Å². The van der Waals surface area contributed by atoms with E-state index >= 15 is 0 Å². The van der Waals surface area contributed by atoms with E-state index in [1.54, 1.807) is 26.4 Å². The van der Waals surface area contributed by atoms with Crippen LogP contribution in [0.5, 0.6) is 28.7 Å². The molecule has 2 heterocycles. The number of pyridine rings is 1. The Morgan fingerprint density at radius 3 is 2.54 bits per heavy atom. The van der Waals surface area contributed by atoms with Crippen LogP contribution < -0.4 is 34.6 Å². The summed E-state index contributed by atoms with van der Waals surface area (Å²) in [4.78, 5) is 15.4. The molecule has 0 unspecified atom stereocenters. The molecule has 1 aliphatic heterocycles. The smallest absolute Gasteiger partial charge is 0.253 e. The van der Waals surface area contributed by atoms with E-state index in [0.29, 0.717) is 46.4 Å². The molecule has 2 aromatic carbocycles. The maximum absolute atomic E-state index is 12.5. The number of hydrogen-bond acceptors (Lipinski definition) is 7. The summed E-state index contributed by atoms with van der Waals surface area (Å²) < 4.78 is 27.0. The van der Waals surface area contributed by atoms with Crippen LogP contribution in [0.3, 0.4) is 0 Å². The molecule has 28 heavy (non-hydrogen) atoms. The fourth-order valence-corrected chi connectivity index (χ4v) is 3.20. The van der Waals surface area contributed by atoms with Crippen LogP contribution in [-0.2, 0) is 6.54 Å². The van der Waals surface area contributed by atoms with Crippen LogP contribution in [0.4, 0.5) is 5.69 Å². The fourth-order valence-electron chi connectivity index (χ4n) is 3.20. The van der Waals surface area contributed by atoms with Crippen molar-refractivity contribution in [2.24, 2.45) is 0 Å². The van der Waals surface area contributed by atoms with Crippen molar-refractivity contribution in [2.75, 3.05) is 33.4 Å². The number of nitrogens with one attached hydrogen (secondary N) is 2. The van der Waals surface area contributed by atoms with E-state index in [4.69, 9.17) is 23.7 Å². The van der Waals surface area contributed by atoms with Gasteiger partial charge >= 0.3 is 0 Å². The maximum atomic E-state index is 12.5. The Morgan fingerprint density at radius 2 is 1.79 bits per heavy atom. The minimum atomic E-state index is -0.199. The first kappa shape index (κ1) is 17.8. The van der Waals surface area contributed by atoms with E-state index in [1.807, 2.05) is 18.2 Å². The number of ether oxygens (including phenoxy) is 5. The molecule has 0 saturated carbocycles. The van der Waals surface area contributed by atoms with E-state index < -0.39 is 0 Å². The quantitative estimate of drug-likeness (QED) is 0.675. The fraction of sp³-hybridized carbons (Fsp3) is 0.250. The van der Waals surface area contributed by atoms with Crippen LogP contribution in [-0.4, -0.2) is 33.1 Å². The molecule has 0 fully saturated rings. The number of rotatable bonds is 6. The number of benzene rings is 2. The van der Waals surface area contributed by atoms with Crippen molar-refractivity contribution in [3.63, 3.8) is 0 Å². The predicted octanol–water partition coefficient (Wildman–Crippen LogP) is 2.89. The first-order chi connectivity index (χ1) is 13.6. The highest BCUT2D eigenvalue weighted by molar-refractivity contribution is 5.90. The standard InChI is InChI=1S/C20H20N2O6/c1-24-17-8-14-13(18(25-2)19(17)26-3)6-11(20(23)22-14)9-21-12-4-5-15-16(7-12)28-10-27-15/h4-8,21H,9-10H2,1-3H3,(H,22,23). The number of methoxy groups -OCH3 is 3. The summed E-state index contributed by atoms with van der Waals surface area (Å²) in [7, 11) is 4.62. The second kappa shape index (κ2) is 7.22. The maximum Gasteiger partial charge on any atom is 0.253 e. The Bertz CT molecular complexity index is 1090. The lowest BCUT2D eigenvalue weighted by Gasteiger charge is -2.15. The van der Waals surface area contributed by atoms with Crippen molar-refractivity contribution in [3.05, 3.63) is 46.2 Å². The van der Waals surface area contributed by atoms with Gasteiger partial charge in [0, 0.05) is 35.3 Å². The first-order valence-electron chi connectivity index (χ1n) is 8.63. The molecule has 1 aliphatic rings. The normalized spacial score (nSPS) is 12.1. The highest BCUT2D eigenvalue weighted by Crippen LogP contribution is 2.42. The Morgan fingerprint density at radius 1 is 1.00 bits per heavy atom. The van der Waals surface area contributed by atoms with Crippen LogP contribution >= 0.6 is 0 Å². The number of anilines is 1. The van der Waals surface area contributed by atoms with Gasteiger partial charge in [0.25, 0.3) is 5.56 Å². The van der Waals surface area contributed by atoms with Gasteiger partial charge in [-0.15, -0.1) is 0 Å². The first-order valence-corrected chi connectivity index (χ1v) is 8.63. The Hall–Kier alpha value is -3.55. The molecule has 0 bridgehead atoms. The molecule has 0 saturated heterocycles. The third-order valence-electron chi connectivity index (χ3n) is 4.58. The van der Waals surface area contributed by atoms with Gasteiger partial charge < -0.3 is 34.0 Å². The lowest BCUT2D eigenvalue weighted by Crippen LogP contribution is -2.16. The molecule has 8 nitrogen and oxygen atoms in total. The molecular formula is C20H20N2O6. The molecule has 146 valence electrons. The second-order valence-electron chi connectivity index (χ2n) is 6.15. The summed E-state index contributed by atoms with van der Waals surface area (Å²) in [5.74, 6) is 2.83. The number of H-pyrrole nitrogens is 1. The van der Waals surface area contributed by atoms with Crippen LogP contribution in [0.2, 0.25) is 0 Å². The highest BCUT2D eigenvalue weighted by Gasteiger charge is 2.18. The molecule has 4 rings (SSSR count). The Kier molecular flexibility index (Phi) is 4.60. The monoisotopic (exact) mass is 384 g/mol. The van der Waals surface area contributed by atoms with Crippen LogP contribution in [0.15, 0.2) is 35.1 Å². The summed E-state index contributed by atoms with van der Waals surface area (Å²) in [6, 6.07) is 9.04.